The van der Waals surface area contributed by atoms with Crippen LogP contribution < -0.4 is 11.1 Å². The zero-order valence-electron chi connectivity index (χ0n) is 15.1. The number of nitrogens with two attached hydrogens (primary N) is 1. The van der Waals surface area contributed by atoms with Gasteiger partial charge in [-0.1, -0.05) is 0 Å². The van der Waals surface area contributed by atoms with Crippen molar-refractivity contribution in [2.75, 3.05) is 5.73 Å². The largest absolute Gasteiger partial charge is 0.383 e. The van der Waals surface area contributed by atoms with Crippen molar-refractivity contribution in [3.8, 4) is 10.6 Å². The van der Waals surface area contributed by atoms with E-state index in [1.165, 1.54) is 16.8 Å². The number of benzene rings is 1. The van der Waals surface area contributed by atoms with E-state index in [2.05, 4.69) is 10.4 Å². The van der Waals surface area contributed by atoms with Crippen LogP contribution in [0.5, 0.6) is 0 Å². The van der Waals surface area contributed by atoms with Crippen LogP contribution in [0.4, 0.5) is 10.2 Å². The number of nitrogens with one attached hydrogen (secondary N) is 1. The molecule has 1 unspecified atom stereocenters. The second kappa shape index (κ2) is 6.77. The van der Waals surface area contributed by atoms with E-state index in [-0.39, 0.29) is 17.8 Å². The number of aryl methyl sites for hydroxylation is 3. The summed E-state index contributed by atoms with van der Waals surface area (Å²) in [7, 11) is 1.72. The quantitative estimate of drug-likeness (QED) is 0.724. The molecular weight excluding hydrogens is 365 g/mol. The third-order valence-corrected chi connectivity index (χ3v) is 6.10. The second-order valence-corrected chi connectivity index (χ2v) is 7.76. The van der Waals surface area contributed by atoms with Crippen molar-refractivity contribution in [2.24, 2.45) is 7.05 Å². The number of thiazole rings is 1. The molecule has 0 fully saturated rings. The Morgan fingerprint density at radius 1 is 1.37 bits per heavy atom. The van der Waals surface area contributed by atoms with E-state index in [0.717, 1.165) is 40.4 Å². The minimum atomic E-state index is -0.269. The molecule has 4 rings (SSSR count). The molecule has 1 atom stereocenters. The molecule has 6 nitrogen and oxygen atoms in total. The molecule has 3 N–H and O–H groups in total. The number of hydrogen-bond donors (Lipinski definition) is 2. The third-order valence-electron chi connectivity index (χ3n) is 4.84. The summed E-state index contributed by atoms with van der Waals surface area (Å²) >= 11 is 1.55. The second-order valence-electron chi connectivity index (χ2n) is 6.72. The van der Waals surface area contributed by atoms with Gasteiger partial charge >= 0.3 is 0 Å². The number of halogens is 1. The first-order valence-corrected chi connectivity index (χ1v) is 9.61. The number of nitrogens with zero attached hydrogens (tertiary/aromatic N) is 3. The molecule has 1 amide bonds. The topological polar surface area (TPSA) is 85.8 Å². The number of hydrogen-bond acceptors (Lipinski definition) is 5. The van der Waals surface area contributed by atoms with Crippen LogP contribution >= 0.6 is 11.3 Å². The van der Waals surface area contributed by atoms with Gasteiger partial charge in [-0.15, -0.1) is 11.3 Å². The summed E-state index contributed by atoms with van der Waals surface area (Å²) < 4.78 is 14.7. The Morgan fingerprint density at radius 2 is 2.11 bits per heavy atom. The summed E-state index contributed by atoms with van der Waals surface area (Å²) in [6.45, 7) is 1.77. The normalized spacial score (nSPS) is 16.2. The fourth-order valence-corrected chi connectivity index (χ4v) is 4.66. The van der Waals surface area contributed by atoms with Crippen molar-refractivity contribution in [3.05, 3.63) is 51.9 Å². The number of nitrogen functional groups attached to an aromatic ring is 1. The number of carbonyl (C=O) groups is 1. The first-order chi connectivity index (χ1) is 12.9. The molecule has 0 saturated heterocycles. The lowest BCUT2D eigenvalue weighted by Crippen LogP contribution is -2.31. The minimum Gasteiger partial charge on any atom is -0.383 e. The molecule has 0 saturated carbocycles. The lowest BCUT2D eigenvalue weighted by molar-refractivity contribution is 0.0934. The molecule has 1 aliphatic carbocycles. The summed E-state index contributed by atoms with van der Waals surface area (Å²) in [5.41, 5.74) is 8.92. The Hall–Kier alpha value is -2.74. The molecule has 0 radical (unpaired) electrons. The van der Waals surface area contributed by atoms with Gasteiger partial charge < -0.3 is 11.1 Å². The van der Waals surface area contributed by atoms with Gasteiger partial charge in [0, 0.05) is 12.6 Å². The van der Waals surface area contributed by atoms with E-state index in [0.29, 0.717) is 17.1 Å². The van der Waals surface area contributed by atoms with Gasteiger partial charge in [0.15, 0.2) is 0 Å². The maximum atomic E-state index is 13.2. The fraction of sp³-hybridized carbons (Fsp3) is 0.316. The van der Waals surface area contributed by atoms with Crippen molar-refractivity contribution in [1.29, 1.82) is 0 Å². The summed E-state index contributed by atoms with van der Waals surface area (Å²) in [6.07, 6.45) is 2.68. The Bertz CT molecular complexity index is 1010. The first-order valence-electron chi connectivity index (χ1n) is 8.79. The molecular formula is C19H20FN5OS. The van der Waals surface area contributed by atoms with Gasteiger partial charge in [0.05, 0.1) is 22.3 Å². The maximum Gasteiger partial charge on any atom is 0.257 e. The first kappa shape index (κ1) is 17.7. The number of amides is 1. The Morgan fingerprint density at radius 3 is 2.78 bits per heavy atom. The SMILES string of the molecule is Cc1nn(C)c(N)c1C(=O)NC1CCCc2nc(-c3ccc(F)cc3)sc21. The van der Waals surface area contributed by atoms with Crippen molar-refractivity contribution < 1.29 is 9.18 Å². The van der Waals surface area contributed by atoms with E-state index in [1.54, 1.807) is 37.4 Å². The predicted octanol–water partition coefficient (Wildman–Crippen LogP) is 3.38. The maximum absolute atomic E-state index is 13.2. The van der Waals surface area contributed by atoms with Crippen LogP contribution in [0.3, 0.4) is 0 Å². The molecule has 2 heterocycles. The zero-order chi connectivity index (χ0) is 19.1. The van der Waals surface area contributed by atoms with Gasteiger partial charge in [0.2, 0.25) is 0 Å². The summed E-state index contributed by atoms with van der Waals surface area (Å²) in [5.74, 6) is -0.125. The standard InChI is InChI=1S/C19H20FN5OS/c1-10-15(17(21)25(2)24-10)18(26)22-13-4-3-5-14-16(13)27-19(23-14)11-6-8-12(20)9-7-11/h6-9,13H,3-5,21H2,1-2H3,(H,22,26). The van der Waals surface area contributed by atoms with Gasteiger partial charge in [0.25, 0.3) is 5.91 Å². The van der Waals surface area contributed by atoms with Gasteiger partial charge in [0.1, 0.15) is 22.2 Å². The van der Waals surface area contributed by atoms with Crippen LogP contribution in [-0.2, 0) is 13.5 Å². The van der Waals surface area contributed by atoms with Crippen LogP contribution in [0.15, 0.2) is 24.3 Å². The highest BCUT2D eigenvalue weighted by Crippen LogP contribution is 2.38. The van der Waals surface area contributed by atoms with Crippen LogP contribution in [-0.4, -0.2) is 20.7 Å². The lowest BCUT2D eigenvalue weighted by atomic mass is 9.97. The number of rotatable bonds is 3. The lowest BCUT2D eigenvalue weighted by Gasteiger charge is -2.22. The van der Waals surface area contributed by atoms with Gasteiger partial charge in [-0.05, 0) is 50.5 Å². The smallest absolute Gasteiger partial charge is 0.257 e. The van der Waals surface area contributed by atoms with Gasteiger partial charge in [-0.2, -0.15) is 5.10 Å². The van der Waals surface area contributed by atoms with Crippen LogP contribution in [0.1, 0.15) is 45.5 Å². The van der Waals surface area contributed by atoms with Crippen LogP contribution in [0.2, 0.25) is 0 Å². The third kappa shape index (κ3) is 3.21. The molecule has 1 aromatic carbocycles. The van der Waals surface area contributed by atoms with E-state index in [9.17, 15) is 9.18 Å². The molecule has 2 aromatic heterocycles. The summed E-state index contributed by atoms with van der Waals surface area (Å²) in [5, 5.41) is 8.15. The van der Waals surface area contributed by atoms with Crippen LogP contribution in [0, 0.1) is 12.7 Å². The summed E-state index contributed by atoms with van der Waals surface area (Å²) in [4.78, 5) is 18.6. The van der Waals surface area contributed by atoms with Crippen molar-refractivity contribution in [3.63, 3.8) is 0 Å². The van der Waals surface area contributed by atoms with E-state index in [1.807, 2.05) is 0 Å². The number of fused-ring (bicyclic) bond motifs is 1. The highest BCUT2D eigenvalue weighted by atomic mass is 32.1. The fourth-order valence-electron chi connectivity index (χ4n) is 3.46. The Labute approximate surface area is 160 Å². The predicted molar refractivity (Wildman–Crippen MR) is 103 cm³/mol. The Kier molecular flexibility index (Phi) is 4.43. The highest BCUT2D eigenvalue weighted by Gasteiger charge is 2.28. The van der Waals surface area contributed by atoms with Crippen LogP contribution in [0.25, 0.3) is 10.6 Å². The van der Waals surface area contributed by atoms with E-state index in [4.69, 9.17) is 10.7 Å². The number of anilines is 1. The molecule has 8 heteroatoms. The van der Waals surface area contributed by atoms with Gasteiger partial charge in [-0.3, -0.25) is 9.48 Å². The highest BCUT2D eigenvalue weighted by molar-refractivity contribution is 7.15. The molecule has 0 bridgehead atoms. The number of aromatic nitrogens is 3. The van der Waals surface area contributed by atoms with E-state index >= 15 is 0 Å². The van der Waals surface area contributed by atoms with Gasteiger partial charge in [-0.25, -0.2) is 9.37 Å². The molecule has 0 aliphatic heterocycles. The minimum absolute atomic E-state index is 0.105. The Balaban J connectivity index is 1.61. The molecule has 27 heavy (non-hydrogen) atoms. The van der Waals surface area contributed by atoms with Crippen molar-refractivity contribution in [1.82, 2.24) is 20.1 Å². The van der Waals surface area contributed by atoms with Crippen molar-refractivity contribution >= 4 is 23.1 Å². The molecule has 0 spiro atoms. The zero-order valence-corrected chi connectivity index (χ0v) is 15.9. The monoisotopic (exact) mass is 385 g/mol. The molecule has 140 valence electrons. The molecule has 1 aliphatic rings. The number of carbonyl (C=O) groups excluding carboxylic acids is 1. The van der Waals surface area contributed by atoms with E-state index < -0.39 is 0 Å². The average Bonchev–Trinajstić information content (AvgIpc) is 3.17. The molecule has 3 aromatic rings. The average molecular weight is 385 g/mol. The van der Waals surface area contributed by atoms with Crippen molar-refractivity contribution in [2.45, 2.75) is 32.2 Å². The summed E-state index contributed by atoms with van der Waals surface area (Å²) in [6, 6.07) is 6.22.